The van der Waals surface area contributed by atoms with Crippen LogP contribution in [0.1, 0.15) is 52.7 Å². The maximum atomic E-state index is 9.99. The zero-order valence-corrected chi connectivity index (χ0v) is 10.7. The molecule has 0 aliphatic carbocycles. The molecule has 0 aliphatic heterocycles. The van der Waals surface area contributed by atoms with E-state index in [0.29, 0.717) is 5.75 Å². The maximum absolute atomic E-state index is 9.99. The van der Waals surface area contributed by atoms with E-state index in [-0.39, 0.29) is 40.4 Å². The van der Waals surface area contributed by atoms with Gasteiger partial charge in [0, 0.05) is 5.56 Å². The molecule has 1 aromatic carbocycles. The van der Waals surface area contributed by atoms with Crippen molar-refractivity contribution in [2.45, 2.75) is 52.4 Å². The molecule has 0 spiro atoms. The van der Waals surface area contributed by atoms with Gasteiger partial charge in [-0.3, -0.25) is 0 Å². The van der Waals surface area contributed by atoms with Crippen molar-refractivity contribution < 1.29 is 5.11 Å². The fourth-order valence-corrected chi connectivity index (χ4v) is 1.95. The standard InChI is InChI=1S/C14H22O.Na.H/c1-13(2,3)10-8-7-9-11(15)12(10)14(4,5)6;;/h7-9,15H,1-6H3;;. The Bertz CT molecular complexity index is 356. The minimum atomic E-state index is -0.0199. The molecular formula is C14H23NaO. The molecule has 2 heteroatoms. The minimum absolute atomic E-state index is 0. The molecule has 0 unspecified atom stereocenters. The van der Waals surface area contributed by atoms with Gasteiger partial charge in [-0.25, -0.2) is 0 Å². The zero-order chi connectivity index (χ0) is 11.9. The summed E-state index contributed by atoms with van der Waals surface area (Å²) in [6.45, 7) is 12.9. The number of rotatable bonds is 0. The van der Waals surface area contributed by atoms with Gasteiger partial charge in [0.25, 0.3) is 0 Å². The van der Waals surface area contributed by atoms with E-state index in [1.54, 1.807) is 6.07 Å². The van der Waals surface area contributed by atoms with Crippen molar-refractivity contribution in [1.82, 2.24) is 0 Å². The van der Waals surface area contributed by atoms with Gasteiger partial charge < -0.3 is 5.11 Å². The average molecular weight is 230 g/mol. The van der Waals surface area contributed by atoms with Crippen LogP contribution in [0.3, 0.4) is 0 Å². The Labute approximate surface area is 122 Å². The monoisotopic (exact) mass is 230 g/mol. The Morgan fingerprint density at radius 1 is 0.875 bits per heavy atom. The Kier molecular flexibility index (Phi) is 5.12. The number of benzene rings is 1. The van der Waals surface area contributed by atoms with E-state index >= 15 is 0 Å². The molecule has 1 nitrogen and oxygen atoms in total. The first kappa shape index (κ1) is 16.0. The van der Waals surface area contributed by atoms with Crippen molar-refractivity contribution in [2.24, 2.45) is 0 Å². The van der Waals surface area contributed by atoms with Crippen LogP contribution in [0.2, 0.25) is 0 Å². The van der Waals surface area contributed by atoms with E-state index in [2.05, 4.69) is 47.6 Å². The van der Waals surface area contributed by atoms with E-state index in [9.17, 15) is 5.11 Å². The van der Waals surface area contributed by atoms with E-state index in [1.165, 1.54) is 5.56 Å². The van der Waals surface area contributed by atoms with Crippen molar-refractivity contribution >= 4 is 29.6 Å². The SMILES string of the molecule is CC(C)(C)c1cccc(O)c1C(C)(C)C.[NaH]. The average Bonchev–Trinajstić information content (AvgIpc) is 1.99. The van der Waals surface area contributed by atoms with Crippen LogP contribution in [0.4, 0.5) is 0 Å². The molecule has 0 amide bonds. The molecule has 0 radical (unpaired) electrons. The first-order valence-corrected chi connectivity index (χ1v) is 5.47. The van der Waals surface area contributed by atoms with Crippen LogP contribution in [-0.4, -0.2) is 34.7 Å². The quantitative estimate of drug-likeness (QED) is 0.678. The van der Waals surface area contributed by atoms with Gasteiger partial charge in [0.05, 0.1) is 0 Å². The molecule has 0 aliphatic rings. The van der Waals surface area contributed by atoms with Crippen LogP contribution in [0.25, 0.3) is 0 Å². The Balaban J connectivity index is 0.00000225. The fourth-order valence-electron chi connectivity index (χ4n) is 1.95. The van der Waals surface area contributed by atoms with Crippen molar-refractivity contribution in [3.05, 3.63) is 29.3 Å². The molecule has 0 heterocycles. The summed E-state index contributed by atoms with van der Waals surface area (Å²) >= 11 is 0. The van der Waals surface area contributed by atoms with Crippen LogP contribution in [0.5, 0.6) is 5.75 Å². The summed E-state index contributed by atoms with van der Waals surface area (Å²) in [5.41, 5.74) is 2.35. The number of phenolic OH excluding ortho intramolecular Hbond substituents is 1. The summed E-state index contributed by atoms with van der Waals surface area (Å²) < 4.78 is 0. The Morgan fingerprint density at radius 2 is 1.38 bits per heavy atom. The second-order valence-electron chi connectivity index (χ2n) is 6.20. The third kappa shape index (κ3) is 3.51. The van der Waals surface area contributed by atoms with Gasteiger partial charge in [-0.15, -0.1) is 0 Å². The molecule has 16 heavy (non-hydrogen) atoms. The summed E-state index contributed by atoms with van der Waals surface area (Å²) in [5.74, 6) is 0.412. The van der Waals surface area contributed by atoms with Gasteiger partial charge in [0.2, 0.25) is 0 Å². The summed E-state index contributed by atoms with van der Waals surface area (Å²) in [6.07, 6.45) is 0. The number of aromatic hydroxyl groups is 1. The van der Waals surface area contributed by atoms with Gasteiger partial charge in [-0.1, -0.05) is 53.7 Å². The van der Waals surface area contributed by atoms with Crippen molar-refractivity contribution in [3.8, 4) is 5.75 Å². The molecule has 0 bridgehead atoms. The van der Waals surface area contributed by atoms with E-state index < -0.39 is 0 Å². The van der Waals surface area contributed by atoms with Crippen LogP contribution >= 0.6 is 0 Å². The Morgan fingerprint density at radius 3 is 1.69 bits per heavy atom. The molecule has 1 aromatic rings. The van der Waals surface area contributed by atoms with Gasteiger partial charge in [0.15, 0.2) is 0 Å². The second kappa shape index (κ2) is 5.12. The molecule has 0 saturated carbocycles. The fraction of sp³-hybridized carbons (Fsp3) is 0.571. The van der Waals surface area contributed by atoms with E-state index in [1.807, 2.05) is 6.07 Å². The van der Waals surface area contributed by atoms with Crippen molar-refractivity contribution in [2.75, 3.05) is 0 Å². The van der Waals surface area contributed by atoms with Crippen LogP contribution in [0, 0.1) is 0 Å². The molecular weight excluding hydrogens is 207 g/mol. The topological polar surface area (TPSA) is 20.2 Å². The molecule has 0 atom stereocenters. The molecule has 0 aromatic heterocycles. The zero-order valence-electron chi connectivity index (χ0n) is 10.7. The molecule has 1 N–H and O–H groups in total. The van der Waals surface area contributed by atoms with Crippen LogP contribution < -0.4 is 0 Å². The third-order valence-corrected chi connectivity index (χ3v) is 2.60. The number of hydrogen-bond acceptors (Lipinski definition) is 1. The first-order valence-electron chi connectivity index (χ1n) is 5.47. The summed E-state index contributed by atoms with van der Waals surface area (Å²) in [5, 5.41) is 9.99. The van der Waals surface area contributed by atoms with E-state index in [0.717, 1.165) is 5.56 Å². The summed E-state index contributed by atoms with van der Waals surface area (Å²) in [6, 6.07) is 5.81. The number of hydrogen-bond donors (Lipinski definition) is 1. The van der Waals surface area contributed by atoms with Gasteiger partial charge in [0.1, 0.15) is 5.75 Å². The summed E-state index contributed by atoms with van der Waals surface area (Å²) in [4.78, 5) is 0. The predicted molar refractivity (Wildman–Crippen MR) is 72.7 cm³/mol. The molecule has 0 fully saturated rings. The summed E-state index contributed by atoms with van der Waals surface area (Å²) in [7, 11) is 0. The first-order chi connectivity index (χ1) is 6.64. The van der Waals surface area contributed by atoms with Crippen LogP contribution in [0.15, 0.2) is 18.2 Å². The molecule has 0 saturated heterocycles. The number of phenols is 1. The van der Waals surface area contributed by atoms with Gasteiger partial charge in [-0.2, -0.15) is 0 Å². The molecule has 86 valence electrons. The van der Waals surface area contributed by atoms with E-state index in [4.69, 9.17) is 0 Å². The van der Waals surface area contributed by atoms with Gasteiger partial charge >= 0.3 is 29.6 Å². The second-order valence-corrected chi connectivity index (χ2v) is 6.20. The van der Waals surface area contributed by atoms with Crippen molar-refractivity contribution in [3.63, 3.8) is 0 Å². The normalized spacial score (nSPS) is 12.1. The van der Waals surface area contributed by atoms with Crippen molar-refractivity contribution in [1.29, 1.82) is 0 Å². The van der Waals surface area contributed by atoms with Gasteiger partial charge in [-0.05, 0) is 22.5 Å². The third-order valence-electron chi connectivity index (χ3n) is 2.60. The van der Waals surface area contributed by atoms with Crippen LogP contribution in [-0.2, 0) is 10.8 Å². The Hall–Kier alpha value is 0.0200. The predicted octanol–water partition coefficient (Wildman–Crippen LogP) is 3.34. The molecule has 1 rings (SSSR count).